The molecule has 0 fully saturated rings. The molecule has 0 aromatic heterocycles. The zero-order chi connectivity index (χ0) is 90.6. The Balaban J connectivity index is 0.000000170. The summed E-state index contributed by atoms with van der Waals surface area (Å²) in [6.45, 7) is 26.1. The van der Waals surface area contributed by atoms with Gasteiger partial charge in [0.2, 0.25) is 11.4 Å². The number of nitriles is 4. The van der Waals surface area contributed by atoms with E-state index in [-0.39, 0.29) is 33.6 Å². The van der Waals surface area contributed by atoms with Gasteiger partial charge in [-0.05, 0) is 222 Å². The molecule has 0 spiro atoms. The summed E-state index contributed by atoms with van der Waals surface area (Å²) in [5.74, 6) is 0. The number of anilines is 12. The molecule has 0 N–H and O–H groups in total. The summed E-state index contributed by atoms with van der Waals surface area (Å²) in [6.07, 6.45) is 22.7. The number of fused-ring (bicyclic) bond motifs is 12. The Bertz CT molecular complexity index is 6380. The van der Waals surface area contributed by atoms with Crippen LogP contribution in [0, 0.1) is 58.5 Å². The summed E-state index contributed by atoms with van der Waals surface area (Å²) in [5, 5.41) is 49.4. The fraction of sp³-hybridized carbons (Fsp3) is 0.0811. The Hall–Kier alpha value is -14.8. The molecule has 14 aromatic rings. The predicted octanol–water partition coefficient (Wildman–Crippen LogP) is 31.3. The summed E-state index contributed by atoms with van der Waals surface area (Å²) in [6, 6.07) is 96.6. The molecule has 14 aromatic carbocycles. The molecule has 132 heavy (non-hydrogen) atoms. The maximum absolute atomic E-state index is 11.0. The smallest absolute Gasteiger partial charge is 0.204 e. The third kappa shape index (κ3) is 16.4. The van der Waals surface area contributed by atoms with Crippen molar-refractivity contribution in [1.29, 1.82) is 21.0 Å². The molecule has 0 saturated heterocycles. The van der Waals surface area contributed by atoms with Gasteiger partial charge in [0.05, 0.1) is 149 Å². The summed E-state index contributed by atoms with van der Waals surface area (Å²) in [7, 11) is 4.96. The van der Waals surface area contributed by atoms with Gasteiger partial charge >= 0.3 is 0 Å². The zero-order valence-electron chi connectivity index (χ0n) is 72.3. The van der Waals surface area contributed by atoms with Crippen LogP contribution in [-0.2, 0) is 14.5 Å². The Morgan fingerprint density at radius 2 is 0.432 bits per heavy atom. The molecule has 0 unspecified atom stereocenters. The molecule has 0 aliphatic carbocycles. The van der Waals surface area contributed by atoms with Gasteiger partial charge in [-0.2, -0.15) is 21.0 Å². The zero-order valence-corrected chi connectivity index (χ0v) is 77.2. The van der Waals surface area contributed by atoms with E-state index in [4.69, 9.17) is 27.7 Å². The Morgan fingerprint density at radius 1 is 0.250 bits per heavy atom. The fourth-order valence-corrected chi connectivity index (χ4v) is 24.1. The van der Waals surface area contributed by atoms with Crippen molar-refractivity contribution >= 4 is 223 Å². The minimum atomic E-state index is 0.204. The van der Waals surface area contributed by atoms with Crippen LogP contribution in [-0.4, -0.2) is 41.0 Å². The monoisotopic (exact) mass is 1820 g/mol. The predicted molar refractivity (Wildman–Crippen MR) is 545 cm³/mol. The molecule has 0 bridgehead atoms. The molecule has 6 aliphatic heterocycles. The second kappa shape index (κ2) is 38.1. The normalized spacial score (nSPS) is 13.4. The lowest BCUT2D eigenvalue weighted by Gasteiger charge is -2.32. The minimum Gasteiger partial charge on any atom is -0.340 e. The molecule has 0 saturated carbocycles. The molecule has 6 aliphatic rings. The lowest BCUT2D eigenvalue weighted by atomic mass is 9.88. The molecule has 636 valence electrons. The van der Waals surface area contributed by atoms with Crippen molar-refractivity contribution in [3.05, 3.63) is 367 Å². The van der Waals surface area contributed by atoms with Crippen LogP contribution < -0.4 is 29.9 Å². The van der Waals surface area contributed by atoms with E-state index in [1.807, 2.05) is 179 Å². The minimum absolute atomic E-state index is 0.204. The van der Waals surface area contributed by atoms with Crippen molar-refractivity contribution in [2.45, 2.75) is 79.5 Å². The Labute approximate surface area is 793 Å². The molecular weight excluding hydrogens is 1740 g/mol. The van der Waals surface area contributed by atoms with Crippen LogP contribution in [0.3, 0.4) is 0 Å². The SMILES string of the molecule is [C-]#[N+]c1c(/C=C/c2ccc3c(c2)Sc2ccccc2N3CC)c(C#N)c(/C=C/c2ccc3c(c2)Sc2ccccc2N3CC)c(C#N)c1/C=C/c1ccc2c(c1)Sc1ccccc1N2CC.[C-]#[N+]c1c(/C=C/c2ccc3c(c2)Sc2ccccc2N3OC)c(C#N)c(/C=C/c2ccc3c(c2)Sc2ccccc2N3OC)c(C#N)c1/C=C/c1ccc2c(c1)Sc1ccccc1N2OC. The average molecular weight is 1820 g/mol. The van der Waals surface area contributed by atoms with Gasteiger partial charge < -0.3 is 14.7 Å². The van der Waals surface area contributed by atoms with Gasteiger partial charge in [-0.1, -0.05) is 253 Å². The van der Waals surface area contributed by atoms with Crippen molar-refractivity contribution in [3.8, 4) is 24.3 Å². The van der Waals surface area contributed by atoms with E-state index in [2.05, 4.69) is 233 Å². The maximum Gasteiger partial charge on any atom is 0.204 e. The van der Waals surface area contributed by atoms with E-state index in [9.17, 15) is 21.0 Å². The van der Waals surface area contributed by atoms with Gasteiger partial charge in [0.15, 0.2) is 0 Å². The number of nitrogens with zero attached hydrogens (tertiary/aromatic N) is 12. The number of benzene rings is 14. The highest BCUT2D eigenvalue weighted by Crippen LogP contribution is 2.56. The van der Waals surface area contributed by atoms with Crippen LogP contribution in [0.4, 0.5) is 79.6 Å². The lowest BCUT2D eigenvalue weighted by Crippen LogP contribution is -2.19. The van der Waals surface area contributed by atoms with Crippen molar-refractivity contribution in [1.82, 2.24) is 0 Å². The fourth-order valence-electron chi connectivity index (χ4n) is 17.4. The topological polar surface area (TPSA) is 151 Å². The van der Waals surface area contributed by atoms with Crippen molar-refractivity contribution in [2.24, 2.45) is 0 Å². The quantitative estimate of drug-likeness (QED) is 0.0591. The Morgan fingerprint density at radius 3 is 0.644 bits per heavy atom. The number of rotatable bonds is 18. The first-order chi connectivity index (χ1) is 64.9. The van der Waals surface area contributed by atoms with Crippen molar-refractivity contribution < 1.29 is 14.5 Å². The summed E-state index contributed by atoms with van der Waals surface area (Å²) in [5.41, 5.74) is 22.3. The van der Waals surface area contributed by atoms with Gasteiger partial charge in [-0.3, -0.25) is 14.5 Å². The highest BCUT2D eigenvalue weighted by Gasteiger charge is 2.32. The first-order valence-electron chi connectivity index (χ1n) is 42.6. The second-order valence-electron chi connectivity index (χ2n) is 30.8. The highest BCUT2D eigenvalue weighted by atomic mass is 32.2. The molecule has 15 nitrogen and oxygen atoms in total. The highest BCUT2D eigenvalue weighted by molar-refractivity contribution is 8.01. The van der Waals surface area contributed by atoms with Gasteiger partial charge in [0.1, 0.15) is 0 Å². The van der Waals surface area contributed by atoms with Crippen LogP contribution in [0.5, 0.6) is 0 Å². The maximum atomic E-state index is 11.0. The van der Waals surface area contributed by atoms with Gasteiger partial charge in [-0.15, -0.1) is 0 Å². The Kier molecular flexibility index (Phi) is 25.0. The molecule has 21 heteroatoms. The third-order valence-electron chi connectivity index (χ3n) is 23.5. The van der Waals surface area contributed by atoms with Gasteiger partial charge in [0, 0.05) is 89.5 Å². The van der Waals surface area contributed by atoms with E-state index >= 15 is 0 Å². The molecule has 20 rings (SSSR count). The summed E-state index contributed by atoms with van der Waals surface area (Å²) in [4.78, 5) is 45.7. The van der Waals surface area contributed by atoms with E-state index in [0.717, 1.165) is 148 Å². The summed E-state index contributed by atoms with van der Waals surface area (Å²) >= 11 is 10.2. The van der Waals surface area contributed by atoms with Crippen LogP contribution >= 0.6 is 70.6 Å². The largest absolute Gasteiger partial charge is 0.340 e. The molecular formula is C111H78N12O3S6. The van der Waals surface area contributed by atoms with Crippen LogP contribution in [0.2, 0.25) is 0 Å². The van der Waals surface area contributed by atoms with E-state index in [1.54, 1.807) is 91.9 Å². The van der Waals surface area contributed by atoms with Crippen molar-refractivity contribution in [2.75, 3.05) is 70.9 Å². The van der Waals surface area contributed by atoms with Crippen LogP contribution in [0.25, 0.3) is 82.6 Å². The van der Waals surface area contributed by atoms with Crippen molar-refractivity contribution in [3.63, 3.8) is 0 Å². The molecule has 0 atom stereocenters. The molecule has 0 amide bonds. The van der Waals surface area contributed by atoms with Crippen LogP contribution in [0.15, 0.2) is 314 Å². The lowest BCUT2D eigenvalue weighted by molar-refractivity contribution is 0.198. The van der Waals surface area contributed by atoms with Gasteiger partial charge in [0.25, 0.3) is 0 Å². The second-order valence-corrected chi connectivity index (χ2v) is 37.3. The van der Waals surface area contributed by atoms with Crippen LogP contribution in [0.1, 0.15) is 110 Å². The average Bonchev–Trinajstić information content (AvgIpc) is 0.751. The van der Waals surface area contributed by atoms with Gasteiger partial charge in [-0.25, -0.2) is 24.9 Å². The first-order valence-corrected chi connectivity index (χ1v) is 47.5. The van der Waals surface area contributed by atoms with E-state index < -0.39 is 0 Å². The van der Waals surface area contributed by atoms with E-state index in [1.165, 1.54) is 31.7 Å². The first kappa shape index (κ1) is 86.6. The number of para-hydroxylation sites is 6. The summed E-state index contributed by atoms with van der Waals surface area (Å²) < 4.78 is 0. The molecule has 0 radical (unpaired) electrons. The standard InChI is InChI=1S/C57H42N6S3.C54H36N6O3S3/c1-5-61-45-14-8-11-17-51(45)64-54-32-37(23-29-48(54)61)20-26-40-43(35-58)41(27-21-38-24-30-49-55(33-38)65-52-18-12-9-15-46(52)62(49)6-2)57(60-4)42(44(40)36-59)28-22-39-25-31-50-56(34-39)66-53-19-13-10-16-47(53)63(50)7-3;1-57-54-38(24-18-35-21-27-46-52(30-35)65-49-15-9-6-12-43(49)59(46)62-3)40(32-55)37(23-17-34-20-26-45-51(29-34)64-48-14-8-5-11-42(48)58(45)61-2)41(33-56)39(54)25-19-36-22-28-47-53(31-36)66-50-16-10-7-13-44(50)60(47)63-4/h8-34H,5-7H2,1-3H3;5-31H,2-4H3/b26-20+,27-21+,28-22+;23-17+,24-18+,25-19+. The number of hydrogen-bond donors (Lipinski definition) is 0. The molecule has 6 heterocycles. The number of hydrogen-bond acceptors (Lipinski definition) is 19. The third-order valence-corrected chi connectivity index (χ3v) is 30.1. The van der Waals surface area contributed by atoms with E-state index in [0.29, 0.717) is 33.4 Å².